The van der Waals surface area contributed by atoms with Crippen LogP contribution in [0.2, 0.25) is 0 Å². The molecule has 2 atom stereocenters. The van der Waals surface area contributed by atoms with Crippen LogP contribution in [0.4, 0.5) is 0 Å². The molecule has 1 aliphatic rings. The molecule has 0 spiro atoms. The SMILES string of the molecule is N#CC1=C(N)C(C#N)(C#N)[C@H](c2ccc(Br)cc2)[C@H]1c1ccc(Br)cc1. The maximum Gasteiger partial charge on any atom is 0.191 e. The minimum atomic E-state index is -1.59. The van der Waals surface area contributed by atoms with E-state index in [1.54, 1.807) is 0 Å². The molecule has 2 aromatic carbocycles. The summed E-state index contributed by atoms with van der Waals surface area (Å²) < 4.78 is 1.79. The molecule has 0 unspecified atom stereocenters. The van der Waals surface area contributed by atoms with Crippen LogP contribution in [0, 0.1) is 39.4 Å². The van der Waals surface area contributed by atoms with Gasteiger partial charge in [-0.1, -0.05) is 56.1 Å². The number of benzene rings is 2. The summed E-state index contributed by atoms with van der Waals surface area (Å²) >= 11 is 6.80. The quantitative estimate of drug-likeness (QED) is 0.681. The Morgan fingerprint density at radius 3 is 1.69 bits per heavy atom. The van der Waals surface area contributed by atoms with Crippen LogP contribution in [0.1, 0.15) is 23.0 Å². The first kappa shape index (κ1) is 18.2. The summed E-state index contributed by atoms with van der Waals surface area (Å²) in [6.45, 7) is 0. The normalized spacial score (nSPS) is 20.9. The molecule has 2 N–H and O–H groups in total. The van der Waals surface area contributed by atoms with Gasteiger partial charge in [0.2, 0.25) is 0 Å². The first-order valence-corrected chi connectivity index (χ1v) is 9.30. The van der Waals surface area contributed by atoms with Crippen molar-refractivity contribution in [2.45, 2.75) is 11.8 Å². The van der Waals surface area contributed by atoms with Crippen LogP contribution < -0.4 is 5.73 Å². The molecule has 0 bridgehead atoms. The first-order chi connectivity index (χ1) is 12.5. The lowest BCUT2D eigenvalue weighted by Gasteiger charge is -2.28. The van der Waals surface area contributed by atoms with Gasteiger partial charge in [-0.3, -0.25) is 0 Å². The predicted octanol–water partition coefficient (Wildman–Crippen LogP) is 4.86. The monoisotopic (exact) mass is 466 g/mol. The van der Waals surface area contributed by atoms with Crippen LogP contribution in [0.25, 0.3) is 0 Å². The van der Waals surface area contributed by atoms with Crippen LogP contribution in [0.5, 0.6) is 0 Å². The average Bonchev–Trinajstić information content (AvgIpc) is 2.91. The summed E-state index contributed by atoms with van der Waals surface area (Å²) in [5.41, 5.74) is 6.57. The van der Waals surface area contributed by atoms with Gasteiger partial charge in [-0.05, 0) is 35.4 Å². The highest BCUT2D eigenvalue weighted by Crippen LogP contribution is 2.57. The van der Waals surface area contributed by atoms with Gasteiger partial charge in [-0.2, -0.15) is 15.8 Å². The molecule has 6 heteroatoms. The maximum atomic E-state index is 9.88. The molecule has 3 rings (SSSR count). The van der Waals surface area contributed by atoms with Crippen LogP contribution in [-0.4, -0.2) is 0 Å². The topological polar surface area (TPSA) is 97.4 Å². The van der Waals surface area contributed by atoms with Crippen molar-refractivity contribution in [3.8, 4) is 18.2 Å². The highest BCUT2D eigenvalue weighted by atomic mass is 79.9. The first-order valence-electron chi connectivity index (χ1n) is 7.72. The number of nitrogens with two attached hydrogens (primary N) is 1. The summed E-state index contributed by atoms with van der Waals surface area (Å²) in [4.78, 5) is 0. The molecule has 0 fully saturated rings. The van der Waals surface area contributed by atoms with Crippen LogP contribution >= 0.6 is 31.9 Å². The summed E-state index contributed by atoms with van der Waals surface area (Å²) in [5, 5.41) is 29.5. The van der Waals surface area contributed by atoms with Gasteiger partial charge in [0.05, 0.1) is 29.5 Å². The van der Waals surface area contributed by atoms with Gasteiger partial charge >= 0.3 is 0 Å². The fourth-order valence-electron chi connectivity index (χ4n) is 3.52. The Labute approximate surface area is 168 Å². The maximum absolute atomic E-state index is 9.88. The molecule has 26 heavy (non-hydrogen) atoms. The zero-order chi connectivity index (χ0) is 18.9. The van der Waals surface area contributed by atoms with Gasteiger partial charge in [0, 0.05) is 20.8 Å². The van der Waals surface area contributed by atoms with Crippen LogP contribution in [0.15, 0.2) is 68.7 Å². The van der Waals surface area contributed by atoms with E-state index in [1.807, 2.05) is 48.5 Å². The van der Waals surface area contributed by atoms with Crippen molar-refractivity contribution in [2.75, 3.05) is 0 Å². The second-order valence-corrected chi connectivity index (χ2v) is 7.86. The minimum Gasteiger partial charge on any atom is -0.399 e. The molecule has 0 heterocycles. The number of allylic oxidation sites excluding steroid dienone is 2. The van der Waals surface area contributed by atoms with E-state index in [4.69, 9.17) is 5.73 Å². The lowest BCUT2D eigenvalue weighted by atomic mass is 9.70. The van der Waals surface area contributed by atoms with E-state index in [-0.39, 0.29) is 11.3 Å². The van der Waals surface area contributed by atoms with Crippen molar-refractivity contribution < 1.29 is 0 Å². The van der Waals surface area contributed by atoms with Crippen molar-refractivity contribution in [1.82, 2.24) is 0 Å². The molecule has 1 aliphatic carbocycles. The van der Waals surface area contributed by atoms with Crippen molar-refractivity contribution >= 4 is 31.9 Å². The molecule has 4 nitrogen and oxygen atoms in total. The van der Waals surface area contributed by atoms with Crippen LogP contribution in [-0.2, 0) is 0 Å². The number of hydrogen-bond donors (Lipinski definition) is 1. The summed E-state index contributed by atoms with van der Waals surface area (Å²) in [6.07, 6.45) is 0. The molecular formula is C20H12Br2N4. The number of rotatable bonds is 2. The molecule has 0 aromatic heterocycles. The highest BCUT2D eigenvalue weighted by Gasteiger charge is 2.55. The van der Waals surface area contributed by atoms with Crippen molar-refractivity contribution in [2.24, 2.45) is 11.1 Å². The molecular weight excluding hydrogens is 456 g/mol. The Balaban J connectivity index is 2.29. The molecule has 0 saturated carbocycles. The zero-order valence-corrected chi connectivity index (χ0v) is 16.6. The Bertz CT molecular complexity index is 988. The van der Waals surface area contributed by atoms with E-state index in [9.17, 15) is 15.8 Å². The third kappa shape index (κ3) is 2.71. The van der Waals surface area contributed by atoms with E-state index < -0.39 is 17.3 Å². The second-order valence-electron chi connectivity index (χ2n) is 6.03. The lowest BCUT2D eigenvalue weighted by molar-refractivity contribution is 0.475. The third-order valence-electron chi connectivity index (χ3n) is 4.76. The molecule has 0 amide bonds. The van der Waals surface area contributed by atoms with E-state index in [0.29, 0.717) is 0 Å². The largest absolute Gasteiger partial charge is 0.399 e. The predicted molar refractivity (Wildman–Crippen MR) is 104 cm³/mol. The summed E-state index contributed by atoms with van der Waals surface area (Å²) in [7, 11) is 0. The summed E-state index contributed by atoms with van der Waals surface area (Å²) in [6, 6.07) is 21.3. The number of nitrogens with zero attached hydrogens (tertiary/aromatic N) is 3. The third-order valence-corrected chi connectivity index (χ3v) is 5.81. The average molecular weight is 468 g/mol. The Morgan fingerprint density at radius 1 is 0.808 bits per heavy atom. The van der Waals surface area contributed by atoms with E-state index in [2.05, 4.69) is 50.1 Å². The summed E-state index contributed by atoms with van der Waals surface area (Å²) in [5.74, 6) is -1.03. The zero-order valence-electron chi connectivity index (χ0n) is 13.4. The van der Waals surface area contributed by atoms with Crippen LogP contribution in [0.3, 0.4) is 0 Å². The van der Waals surface area contributed by atoms with E-state index in [0.717, 1.165) is 20.1 Å². The number of hydrogen-bond acceptors (Lipinski definition) is 4. The van der Waals surface area contributed by atoms with Gasteiger partial charge in [0.25, 0.3) is 0 Å². The minimum absolute atomic E-state index is 0.0471. The molecule has 126 valence electrons. The van der Waals surface area contributed by atoms with Gasteiger partial charge in [0.1, 0.15) is 0 Å². The van der Waals surface area contributed by atoms with Crippen molar-refractivity contribution in [3.63, 3.8) is 0 Å². The fourth-order valence-corrected chi connectivity index (χ4v) is 4.05. The Hall–Kier alpha value is -2.59. The smallest absolute Gasteiger partial charge is 0.191 e. The van der Waals surface area contributed by atoms with Crippen molar-refractivity contribution in [1.29, 1.82) is 15.8 Å². The molecule has 0 aliphatic heterocycles. The van der Waals surface area contributed by atoms with Crippen molar-refractivity contribution in [3.05, 3.63) is 79.9 Å². The van der Waals surface area contributed by atoms with Gasteiger partial charge in [-0.15, -0.1) is 0 Å². The van der Waals surface area contributed by atoms with E-state index in [1.165, 1.54) is 0 Å². The Kier molecular flexibility index (Phi) is 4.88. The van der Waals surface area contributed by atoms with Gasteiger partial charge in [-0.25, -0.2) is 0 Å². The Morgan fingerprint density at radius 2 is 1.27 bits per heavy atom. The van der Waals surface area contributed by atoms with Gasteiger partial charge in [0.15, 0.2) is 5.41 Å². The van der Waals surface area contributed by atoms with Gasteiger partial charge < -0.3 is 5.73 Å². The second kappa shape index (κ2) is 6.96. The molecule has 2 aromatic rings. The van der Waals surface area contributed by atoms with E-state index >= 15 is 0 Å². The number of nitriles is 3. The lowest BCUT2D eigenvalue weighted by Crippen LogP contribution is -2.29. The standard InChI is InChI=1S/C20H12Br2N4/c21-14-5-1-12(2-6-14)17-16(9-23)19(26)20(10-24,11-25)18(17)13-3-7-15(22)8-4-13/h1-8,17-18H,26H2/t17-,18+/m0/s1. The molecule has 0 radical (unpaired) electrons. The fraction of sp³-hybridized carbons (Fsp3) is 0.150. The molecule has 0 saturated heterocycles. The highest BCUT2D eigenvalue weighted by molar-refractivity contribution is 9.10. The number of halogens is 2.